The van der Waals surface area contributed by atoms with E-state index in [1.165, 1.54) is 23.1 Å². The van der Waals surface area contributed by atoms with Gasteiger partial charge in [0.25, 0.3) is 0 Å². The lowest BCUT2D eigenvalue weighted by atomic mass is 10.1. The number of nitrogens with one attached hydrogen (secondary N) is 1. The van der Waals surface area contributed by atoms with Crippen LogP contribution in [-0.2, 0) is 0 Å². The Bertz CT molecular complexity index is 689. The number of phenolic OH excluding ortho intramolecular Hbond substituents is 2. The third kappa shape index (κ3) is 4.39. The molecule has 0 radical (unpaired) electrons. The average Bonchev–Trinajstić information content (AvgIpc) is 2.55. The quantitative estimate of drug-likeness (QED) is 0.634. The molecule has 2 aromatic carbocycles. The van der Waals surface area contributed by atoms with Crippen LogP contribution in [0.5, 0.6) is 11.5 Å². The summed E-state index contributed by atoms with van der Waals surface area (Å²) in [7, 11) is 0. The number of aromatic hydroxyl groups is 2. The maximum atomic E-state index is 12.5. The van der Waals surface area contributed by atoms with Crippen molar-refractivity contribution in [3.05, 3.63) is 54.1 Å². The fourth-order valence-electron chi connectivity index (χ4n) is 2.28. The summed E-state index contributed by atoms with van der Waals surface area (Å²) in [5.41, 5.74) is 1.09. The zero-order valence-electron chi connectivity index (χ0n) is 13.7. The second kappa shape index (κ2) is 7.70. The van der Waals surface area contributed by atoms with E-state index in [0.717, 1.165) is 0 Å². The number of aliphatic hydroxyl groups excluding tert-OH is 1. The van der Waals surface area contributed by atoms with Crippen LogP contribution < -0.4 is 5.32 Å². The number of rotatable bonds is 5. The van der Waals surface area contributed by atoms with E-state index in [4.69, 9.17) is 0 Å². The molecule has 0 saturated heterocycles. The zero-order valence-corrected chi connectivity index (χ0v) is 13.7. The van der Waals surface area contributed by atoms with Gasteiger partial charge in [-0.3, -0.25) is 0 Å². The number of urea groups is 1. The molecule has 2 amide bonds. The van der Waals surface area contributed by atoms with Gasteiger partial charge in [-0.1, -0.05) is 24.3 Å². The van der Waals surface area contributed by atoms with Gasteiger partial charge in [0, 0.05) is 11.7 Å². The van der Waals surface area contributed by atoms with Crippen molar-refractivity contribution in [3.63, 3.8) is 0 Å². The van der Waals surface area contributed by atoms with Crippen LogP contribution in [0.1, 0.15) is 25.5 Å². The first kappa shape index (κ1) is 17.6. The highest BCUT2D eigenvalue weighted by Gasteiger charge is 2.22. The standard InChI is InChI=1S/C18H22N2O4/c1-12(2)20(18(24)19-14-6-4-3-5-7-14)11-17(23)13-8-9-15(21)16(22)10-13/h3-10,12,17,21-23H,11H2,1-2H3,(H,19,24)/t17-/m0/s1. The smallest absolute Gasteiger partial charge is 0.322 e. The Balaban J connectivity index is 2.09. The van der Waals surface area contributed by atoms with Crippen LogP contribution in [0, 0.1) is 0 Å². The normalized spacial score (nSPS) is 12.0. The number of anilines is 1. The van der Waals surface area contributed by atoms with Gasteiger partial charge in [0.2, 0.25) is 0 Å². The molecule has 0 aliphatic rings. The van der Waals surface area contributed by atoms with Crippen LogP contribution in [0.3, 0.4) is 0 Å². The lowest BCUT2D eigenvalue weighted by Gasteiger charge is -2.29. The molecule has 6 nitrogen and oxygen atoms in total. The van der Waals surface area contributed by atoms with Crippen molar-refractivity contribution < 1.29 is 20.1 Å². The first-order chi connectivity index (χ1) is 11.4. The third-order valence-electron chi connectivity index (χ3n) is 3.66. The Morgan fingerprint density at radius 1 is 1.08 bits per heavy atom. The van der Waals surface area contributed by atoms with Crippen molar-refractivity contribution >= 4 is 11.7 Å². The number of hydrogen-bond acceptors (Lipinski definition) is 4. The zero-order chi connectivity index (χ0) is 17.7. The van der Waals surface area contributed by atoms with Crippen molar-refractivity contribution in [2.24, 2.45) is 0 Å². The summed E-state index contributed by atoms with van der Waals surface area (Å²) >= 11 is 0. The molecule has 0 bridgehead atoms. The fourth-order valence-corrected chi connectivity index (χ4v) is 2.28. The Morgan fingerprint density at radius 2 is 1.75 bits per heavy atom. The van der Waals surface area contributed by atoms with E-state index in [0.29, 0.717) is 11.3 Å². The van der Waals surface area contributed by atoms with Gasteiger partial charge in [-0.2, -0.15) is 0 Å². The predicted molar refractivity (Wildman–Crippen MR) is 92.0 cm³/mol. The second-order valence-corrected chi connectivity index (χ2v) is 5.81. The number of hydrogen-bond donors (Lipinski definition) is 4. The number of nitrogens with zero attached hydrogens (tertiary/aromatic N) is 1. The molecule has 0 saturated carbocycles. The van der Waals surface area contributed by atoms with E-state index in [2.05, 4.69) is 5.32 Å². The minimum atomic E-state index is -0.986. The largest absolute Gasteiger partial charge is 0.504 e. The predicted octanol–water partition coefficient (Wildman–Crippen LogP) is 3.07. The minimum Gasteiger partial charge on any atom is -0.504 e. The Hall–Kier alpha value is -2.73. The van der Waals surface area contributed by atoms with Gasteiger partial charge in [-0.05, 0) is 43.7 Å². The number of amides is 2. The van der Waals surface area contributed by atoms with Crippen LogP contribution >= 0.6 is 0 Å². The van der Waals surface area contributed by atoms with E-state index < -0.39 is 6.10 Å². The number of phenols is 2. The van der Waals surface area contributed by atoms with Crippen molar-refractivity contribution in [2.45, 2.75) is 26.0 Å². The van der Waals surface area contributed by atoms with E-state index in [1.807, 2.05) is 32.0 Å². The summed E-state index contributed by atoms with van der Waals surface area (Å²) in [6, 6.07) is 12.7. The Kier molecular flexibility index (Phi) is 5.65. The van der Waals surface area contributed by atoms with Gasteiger partial charge in [0.05, 0.1) is 12.6 Å². The first-order valence-corrected chi connectivity index (χ1v) is 7.71. The van der Waals surface area contributed by atoms with Gasteiger partial charge in [0.15, 0.2) is 11.5 Å². The van der Waals surface area contributed by atoms with Crippen LogP contribution in [0.25, 0.3) is 0 Å². The van der Waals surface area contributed by atoms with Crippen molar-refractivity contribution in [3.8, 4) is 11.5 Å². The molecule has 1 atom stereocenters. The first-order valence-electron chi connectivity index (χ1n) is 7.71. The molecule has 0 fully saturated rings. The molecule has 24 heavy (non-hydrogen) atoms. The summed E-state index contributed by atoms with van der Waals surface area (Å²) in [5.74, 6) is -0.565. The molecule has 6 heteroatoms. The van der Waals surface area contributed by atoms with Crippen molar-refractivity contribution in [1.29, 1.82) is 0 Å². The molecule has 2 rings (SSSR count). The van der Waals surface area contributed by atoms with Gasteiger partial charge in [-0.15, -0.1) is 0 Å². The van der Waals surface area contributed by atoms with Crippen molar-refractivity contribution in [2.75, 3.05) is 11.9 Å². The molecule has 0 spiro atoms. The van der Waals surface area contributed by atoms with Crippen LogP contribution in [0.4, 0.5) is 10.5 Å². The van der Waals surface area contributed by atoms with Crippen LogP contribution in [0.2, 0.25) is 0 Å². The molecule has 0 aromatic heterocycles. The van der Waals surface area contributed by atoms with E-state index in [1.54, 1.807) is 12.1 Å². The maximum absolute atomic E-state index is 12.5. The molecule has 128 valence electrons. The molecule has 0 heterocycles. The summed E-state index contributed by atoms with van der Waals surface area (Å²) in [4.78, 5) is 14.0. The van der Waals surface area contributed by atoms with E-state index in [9.17, 15) is 20.1 Å². The average molecular weight is 330 g/mol. The van der Waals surface area contributed by atoms with Gasteiger partial charge in [0.1, 0.15) is 0 Å². The van der Waals surface area contributed by atoms with Crippen LogP contribution in [0.15, 0.2) is 48.5 Å². The second-order valence-electron chi connectivity index (χ2n) is 5.81. The maximum Gasteiger partial charge on any atom is 0.322 e. The number of carbonyl (C=O) groups is 1. The fraction of sp³-hybridized carbons (Fsp3) is 0.278. The van der Waals surface area contributed by atoms with Gasteiger partial charge in [-0.25, -0.2) is 4.79 Å². The van der Waals surface area contributed by atoms with Gasteiger partial charge >= 0.3 is 6.03 Å². The summed E-state index contributed by atoms with van der Waals surface area (Å²) in [6.45, 7) is 3.76. The molecule has 0 unspecified atom stereocenters. The number of benzene rings is 2. The summed E-state index contributed by atoms with van der Waals surface area (Å²) in [5, 5.41) is 32.0. The summed E-state index contributed by atoms with van der Waals surface area (Å²) in [6.07, 6.45) is -0.986. The SMILES string of the molecule is CC(C)N(C[C@H](O)c1ccc(O)c(O)c1)C(=O)Nc1ccccc1. The molecule has 2 aromatic rings. The number of aliphatic hydroxyl groups is 1. The highest BCUT2D eigenvalue weighted by atomic mass is 16.3. The molecular weight excluding hydrogens is 308 g/mol. The molecular formula is C18H22N2O4. The van der Waals surface area contributed by atoms with E-state index in [-0.39, 0.29) is 30.1 Å². The Morgan fingerprint density at radius 3 is 2.33 bits per heavy atom. The molecule has 0 aliphatic heterocycles. The molecule has 4 N–H and O–H groups in total. The van der Waals surface area contributed by atoms with Crippen LogP contribution in [-0.4, -0.2) is 38.8 Å². The summed E-state index contributed by atoms with van der Waals surface area (Å²) < 4.78 is 0. The lowest BCUT2D eigenvalue weighted by molar-refractivity contribution is 0.113. The number of para-hydroxylation sites is 1. The molecule has 0 aliphatic carbocycles. The lowest BCUT2D eigenvalue weighted by Crippen LogP contribution is -2.42. The Labute approximate surface area is 141 Å². The van der Waals surface area contributed by atoms with Crippen molar-refractivity contribution in [1.82, 2.24) is 4.90 Å². The highest BCUT2D eigenvalue weighted by molar-refractivity contribution is 5.89. The monoisotopic (exact) mass is 330 g/mol. The third-order valence-corrected chi connectivity index (χ3v) is 3.66. The van der Waals surface area contributed by atoms with E-state index >= 15 is 0 Å². The highest BCUT2D eigenvalue weighted by Crippen LogP contribution is 2.28. The number of carbonyl (C=O) groups excluding carboxylic acids is 1. The van der Waals surface area contributed by atoms with Gasteiger partial charge < -0.3 is 25.5 Å². The minimum absolute atomic E-state index is 0.0561. The topological polar surface area (TPSA) is 93.0 Å².